The highest BCUT2D eigenvalue weighted by Gasteiger charge is 2.28. The largest absolute Gasteiger partial charge is 0.496 e. The number of methoxy groups -OCH3 is 1. The molecule has 0 radical (unpaired) electrons. The summed E-state index contributed by atoms with van der Waals surface area (Å²) in [6.45, 7) is 2.33. The van der Waals surface area contributed by atoms with Crippen molar-refractivity contribution >= 4 is 0 Å². The van der Waals surface area contributed by atoms with Crippen LogP contribution in [0.1, 0.15) is 12.5 Å². The molecule has 90 valence electrons. The van der Waals surface area contributed by atoms with Crippen LogP contribution in [-0.2, 0) is 5.41 Å². The highest BCUT2D eigenvalue weighted by Crippen LogP contribution is 2.31. The van der Waals surface area contributed by atoms with Crippen molar-refractivity contribution in [2.75, 3.05) is 27.3 Å². The Kier molecular flexibility index (Phi) is 4.26. The van der Waals surface area contributed by atoms with Gasteiger partial charge in [0.2, 0.25) is 0 Å². The topological polar surface area (TPSA) is 41.5 Å². The summed E-state index contributed by atoms with van der Waals surface area (Å²) in [5.74, 6) is 0.264. The van der Waals surface area contributed by atoms with E-state index < -0.39 is 5.41 Å². The molecule has 0 aliphatic carbocycles. The first-order valence-electron chi connectivity index (χ1n) is 5.17. The van der Waals surface area contributed by atoms with Gasteiger partial charge >= 0.3 is 0 Å². The number of hydrogen-bond acceptors (Lipinski definition) is 3. The summed E-state index contributed by atoms with van der Waals surface area (Å²) in [4.78, 5) is 0. The van der Waals surface area contributed by atoms with E-state index in [1.165, 1.54) is 19.2 Å². The SMILES string of the molecule is CNCC(C)(CO)c1cc(F)ccc1OC. The predicted octanol–water partition coefficient (Wildman–Crippen LogP) is 1.30. The third-order valence-corrected chi connectivity index (χ3v) is 2.73. The zero-order chi connectivity index (χ0) is 12.2. The molecule has 0 saturated carbocycles. The average Bonchev–Trinajstić information content (AvgIpc) is 2.29. The molecular weight excluding hydrogens is 209 g/mol. The van der Waals surface area contributed by atoms with Crippen molar-refractivity contribution in [2.45, 2.75) is 12.3 Å². The van der Waals surface area contributed by atoms with Gasteiger partial charge in [-0.2, -0.15) is 0 Å². The maximum Gasteiger partial charge on any atom is 0.123 e. The zero-order valence-electron chi connectivity index (χ0n) is 9.88. The van der Waals surface area contributed by atoms with Gasteiger partial charge in [-0.05, 0) is 25.2 Å². The van der Waals surface area contributed by atoms with Crippen LogP contribution in [0.2, 0.25) is 0 Å². The maximum atomic E-state index is 13.2. The van der Waals surface area contributed by atoms with Crippen LogP contribution in [0.3, 0.4) is 0 Å². The molecule has 0 heterocycles. The van der Waals surface area contributed by atoms with Gasteiger partial charge < -0.3 is 15.2 Å². The fraction of sp³-hybridized carbons (Fsp3) is 0.500. The van der Waals surface area contributed by atoms with E-state index in [-0.39, 0.29) is 12.4 Å². The lowest BCUT2D eigenvalue weighted by Crippen LogP contribution is -2.37. The number of benzene rings is 1. The molecule has 16 heavy (non-hydrogen) atoms. The van der Waals surface area contributed by atoms with Crippen molar-refractivity contribution in [3.8, 4) is 5.75 Å². The molecule has 0 bridgehead atoms. The number of aliphatic hydroxyl groups excluding tert-OH is 1. The Morgan fingerprint density at radius 3 is 2.69 bits per heavy atom. The van der Waals surface area contributed by atoms with Gasteiger partial charge in [-0.15, -0.1) is 0 Å². The zero-order valence-corrected chi connectivity index (χ0v) is 9.88. The third kappa shape index (κ3) is 2.51. The Morgan fingerprint density at radius 1 is 1.50 bits per heavy atom. The van der Waals surface area contributed by atoms with Crippen molar-refractivity contribution < 1.29 is 14.2 Å². The average molecular weight is 227 g/mol. The first-order chi connectivity index (χ1) is 7.57. The van der Waals surface area contributed by atoms with Gasteiger partial charge in [0.15, 0.2) is 0 Å². The lowest BCUT2D eigenvalue weighted by atomic mass is 9.82. The number of halogens is 1. The van der Waals surface area contributed by atoms with E-state index in [4.69, 9.17) is 4.74 Å². The van der Waals surface area contributed by atoms with E-state index in [1.54, 1.807) is 13.1 Å². The highest BCUT2D eigenvalue weighted by molar-refractivity contribution is 5.40. The van der Waals surface area contributed by atoms with Gasteiger partial charge in [0.25, 0.3) is 0 Å². The molecule has 1 aromatic rings. The van der Waals surface area contributed by atoms with Crippen LogP contribution in [-0.4, -0.2) is 32.4 Å². The monoisotopic (exact) mass is 227 g/mol. The predicted molar refractivity (Wildman–Crippen MR) is 61.3 cm³/mol. The van der Waals surface area contributed by atoms with E-state index in [9.17, 15) is 9.50 Å². The summed E-state index contributed by atoms with van der Waals surface area (Å²) in [6.07, 6.45) is 0. The Bertz CT molecular complexity index is 357. The van der Waals surface area contributed by atoms with Crippen molar-refractivity contribution in [2.24, 2.45) is 0 Å². The van der Waals surface area contributed by atoms with E-state index in [1.807, 2.05) is 6.92 Å². The Morgan fingerprint density at radius 2 is 2.19 bits per heavy atom. The Balaban J connectivity index is 3.21. The molecule has 1 unspecified atom stereocenters. The molecule has 0 aromatic heterocycles. The molecule has 1 aromatic carbocycles. The van der Waals surface area contributed by atoms with Crippen molar-refractivity contribution in [3.05, 3.63) is 29.6 Å². The Hall–Kier alpha value is -1.13. The Labute approximate surface area is 95.2 Å². The fourth-order valence-electron chi connectivity index (χ4n) is 1.78. The lowest BCUT2D eigenvalue weighted by molar-refractivity contribution is 0.200. The van der Waals surface area contributed by atoms with Crippen LogP contribution in [0.5, 0.6) is 5.75 Å². The summed E-state index contributed by atoms with van der Waals surface area (Å²) in [6, 6.07) is 4.33. The second-order valence-corrected chi connectivity index (χ2v) is 4.09. The van der Waals surface area contributed by atoms with Crippen molar-refractivity contribution in [1.29, 1.82) is 0 Å². The van der Waals surface area contributed by atoms with Gasteiger partial charge in [0, 0.05) is 17.5 Å². The first kappa shape index (κ1) is 12.9. The molecule has 0 aliphatic rings. The molecule has 1 rings (SSSR count). The second kappa shape index (κ2) is 5.27. The minimum atomic E-state index is -0.553. The molecule has 4 heteroatoms. The summed E-state index contributed by atoms with van der Waals surface area (Å²) >= 11 is 0. The number of likely N-dealkylation sites (N-methyl/N-ethyl adjacent to an activating group) is 1. The van der Waals surface area contributed by atoms with Gasteiger partial charge in [0.05, 0.1) is 13.7 Å². The maximum absolute atomic E-state index is 13.2. The summed E-state index contributed by atoms with van der Waals surface area (Å²) in [5.41, 5.74) is 0.120. The summed E-state index contributed by atoms with van der Waals surface area (Å²) in [5, 5.41) is 12.5. The minimum Gasteiger partial charge on any atom is -0.496 e. The molecule has 2 N–H and O–H groups in total. The normalized spacial score (nSPS) is 14.6. The number of nitrogens with one attached hydrogen (secondary N) is 1. The van der Waals surface area contributed by atoms with Gasteiger partial charge in [-0.1, -0.05) is 6.92 Å². The molecule has 0 saturated heterocycles. The molecule has 0 aliphatic heterocycles. The smallest absolute Gasteiger partial charge is 0.123 e. The number of ether oxygens (including phenoxy) is 1. The van der Waals surface area contributed by atoms with Crippen LogP contribution in [0, 0.1) is 5.82 Å². The molecule has 1 atom stereocenters. The van der Waals surface area contributed by atoms with Gasteiger partial charge in [-0.3, -0.25) is 0 Å². The van der Waals surface area contributed by atoms with Crippen molar-refractivity contribution in [3.63, 3.8) is 0 Å². The standard InChI is InChI=1S/C12H18FNO2/c1-12(8-15,7-14-2)10-6-9(13)4-5-11(10)16-3/h4-6,14-15H,7-8H2,1-3H3. The van der Waals surface area contributed by atoms with Crippen LogP contribution in [0.15, 0.2) is 18.2 Å². The van der Waals surface area contributed by atoms with Crippen LogP contribution in [0.4, 0.5) is 4.39 Å². The summed E-state index contributed by atoms with van der Waals surface area (Å²) in [7, 11) is 3.33. The molecule has 0 fully saturated rings. The van der Waals surface area contributed by atoms with E-state index >= 15 is 0 Å². The highest BCUT2D eigenvalue weighted by atomic mass is 19.1. The lowest BCUT2D eigenvalue weighted by Gasteiger charge is -2.29. The van der Waals surface area contributed by atoms with E-state index in [0.717, 1.165) is 0 Å². The van der Waals surface area contributed by atoms with Crippen molar-refractivity contribution in [1.82, 2.24) is 5.32 Å². The fourth-order valence-corrected chi connectivity index (χ4v) is 1.78. The number of aliphatic hydroxyl groups is 1. The quantitative estimate of drug-likeness (QED) is 0.796. The van der Waals surface area contributed by atoms with Crippen LogP contribution >= 0.6 is 0 Å². The van der Waals surface area contributed by atoms with E-state index in [0.29, 0.717) is 17.9 Å². The summed E-state index contributed by atoms with van der Waals surface area (Å²) < 4.78 is 18.4. The van der Waals surface area contributed by atoms with E-state index in [2.05, 4.69) is 5.32 Å². The molecular formula is C12H18FNO2. The molecule has 0 amide bonds. The van der Waals surface area contributed by atoms with Gasteiger partial charge in [0.1, 0.15) is 11.6 Å². The second-order valence-electron chi connectivity index (χ2n) is 4.09. The molecule has 3 nitrogen and oxygen atoms in total. The minimum absolute atomic E-state index is 0.0757. The van der Waals surface area contributed by atoms with Gasteiger partial charge in [-0.25, -0.2) is 4.39 Å². The molecule has 0 spiro atoms. The van der Waals surface area contributed by atoms with Crippen LogP contribution < -0.4 is 10.1 Å². The third-order valence-electron chi connectivity index (χ3n) is 2.73. The first-order valence-corrected chi connectivity index (χ1v) is 5.17. The number of hydrogen-bond donors (Lipinski definition) is 2. The number of rotatable bonds is 5. The van der Waals surface area contributed by atoms with Crippen LogP contribution in [0.25, 0.3) is 0 Å².